The van der Waals surface area contributed by atoms with Gasteiger partial charge >= 0.3 is 0 Å². The van der Waals surface area contributed by atoms with Crippen LogP contribution in [0.1, 0.15) is 0 Å². The number of para-hydroxylation sites is 1. The van der Waals surface area contributed by atoms with Gasteiger partial charge in [0.2, 0.25) is 0 Å². The van der Waals surface area contributed by atoms with Crippen molar-refractivity contribution in [2.45, 2.75) is 0 Å². The quantitative estimate of drug-likeness (QED) is 0.120. The zero-order valence-corrected chi connectivity index (χ0v) is 46.0. The number of fused-ring (bicyclic) bond motifs is 3. The van der Waals surface area contributed by atoms with Gasteiger partial charge in [-0.15, -0.1) is 20.4 Å². The van der Waals surface area contributed by atoms with E-state index in [1.807, 2.05) is 30.3 Å². The molecule has 0 amide bonds. The fourth-order valence-electron chi connectivity index (χ4n) is 12.3. The Bertz CT molecular complexity index is 4920. The summed E-state index contributed by atoms with van der Waals surface area (Å²) in [5.41, 5.74) is 22.4. The second kappa shape index (κ2) is 22.1. The van der Waals surface area contributed by atoms with Crippen molar-refractivity contribution in [1.82, 2.24) is 30.8 Å². The molecule has 7 nitrogen and oxygen atoms in total. The number of aromatic nitrogens is 6. The molecule has 398 valence electrons. The van der Waals surface area contributed by atoms with E-state index in [4.69, 9.17) is 35.2 Å². The molecular formula is C78H50N6O. The highest BCUT2D eigenvalue weighted by molar-refractivity contribution is 6.27. The van der Waals surface area contributed by atoms with Crippen molar-refractivity contribution in [3.63, 3.8) is 0 Å². The summed E-state index contributed by atoms with van der Waals surface area (Å²) in [6.07, 6.45) is 0. The minimum Gasteiger partial charge on any atom is -0.455 e. The van der Waals surface area contributed by atoms with Crippen molar-refractivity contribution < 1.29 is 4.42 Å². The molecule has 0 radical (unpaired) electrons. The number of hydrogen-bond donors (Lipinski definition) is 0. The average Bonchev–Trinajstić information content (AvgIpc) is 2.97. The maximum absolute atomic E-state index is 7.61. The zero-order chi connectivity index (χ0) is 56.5. The van der Waals surface area contributed by atoms with Crippen LogP contribution in [0.5, 0.6) is 0 Å². The lowest BCUT2D eigenvalue weighted by Gasteiger charge is -2.26. The lowest BCUT2D eigenvalue weighted by Crippen LogP contribution is -2.07. The van der Waals surface area contributed by atoms with Gasteiger partial charge in [0.05, 0.1) is 0 Å². The van der Waals surface area contributed by atoms with Crippen molar-refractivity contribution >= 4 is 21.9 Å². The highest BCUT2D eigenvalue weighted by Gasteiger charge is 2.36. The van der Waals surface area contributed by atoms with Crippen molar-refractivity contribution in [2.24, 2.45) is 0 Å². The average molecular weight is 1090 g/mol. The molecule has 3 heterocycles. The summed E-state index contributed by atoms with van der Waals surface area (Å²) >= 11 is 0. The van der Waals surface area contributed by atoms with Gasteiger partial charge in [-0.2, -0.15) is 0 Å². The fraction of sp³-hybridized carbons (Fsp3) is 0. The van der Waals surface area contributed by atoms with Gasteiger partial charge in [-0.05, 0) is 83.3 Å². The molecule has 3 aromatic heterocycles. The van der Waals surface area contributed by atoms with Gasteiger partial charge in [0, 0.05) is 55.3 Å². The van der Waals surface area contributed by atoms with Gasteiger partial charge in [-0.25, -0.2) is 0 Å². The number of benzene rings is 12. The van der Waals surface area contributed by atoms with Crippen molar-refractivity contribution in [3.05, 3.63) is 303 Å². The Balaban J connectivity index is 1.21. The van der Waals surface area contributed by atoms with Gasteiger partial charge in [0.25, 0.3) is 0 Å². The molecule has 0 N–H and O–H groups in total. The number of rotatable bonds is 12. The molecule has 0 saturated carbocycles. The van der Waals surface area contributed by atoms with E-state index < -0.39 is 0 Å². The molecule has 0 saturated heterocycles. The lowest BCUT2D eigenvalue weighted by atomic mass is 9.77. The summed E-state index contributed by atoms with van der Waals surface area (Å²) < 4.78 is 7.61. The third kappa shape index (κ3) is 9.04. The van der Waals surface area contributed by atoms with Crippen LogP contribution in [0.15, 0.2) is 308 Å². The third-order valence-electron chi connectivity index (χ3n) is 16.0. The van der Waals surface area contributed by atoms with Gasteiger partial charge in [-0.3, -0.25) is 0 Å². The highest BCUT2D eigenvalue weighted by Crippen LogP contribution is 2.58. The molecule has 0 aliphatic heterocycles. The summed E-state index contributed by atoms with van der Waals surface area (Å²) in [6.45, 7) is 0. The van der Waals surface area contributed by atoms with E-state index in [0.717, 1.165) is 122 Å². The van der Waals surface area contributed by atoms with Gasteiger partial charge in [0.1, 0.15) is 33.9 Å². The molecule has 12 aromatic carbocycles. The van der Waals surface area contributed by atoms with Crippen LogP contribution >= 0.6 is 0 Å². The standard InChI is InChI=1S/C78H50N6O/c1-7-29-51(30-8-1)57-41-19-23-45-61(57)69-72(76-67(55-37-15-5-16-38-55)74(79-83-81-76)63-47-25-21-43-59(63)53-33-11-3-12-34-53)70(62-46-24-20-42-58(62)52-31-9-2-10-32-52)78-71(65-49-27-28-50-66(65)85-78)73(69)77-68(56-39-17-6-18-40-56)75(80-84-82-77)64-48-26-22-44-60(64)54-35-13-4-14-36-54/h1-50H. The Labute approximate surface area is 491 Å². The first-order valence-electron chi connectivity index (χ1n) is 28.5. The summed E-state index contributed by atoms with van der Waals surface area (Å²) in [4.78, 5) is 0. The molecule has 0 aliphatic rings. The van der Waals surface area contributed by atoms with Crippen molar-refractivity contribution in [1.29, 1.82) is 0 Å². The lowest BCUT2D eigenvalue weighted by molar-refractivity contribution is 0.670. The molecule has 0 bridgehead atoms. The van der Waals surface area contributed by atoms with E-state index in [9.17, 15) is 0 Å². The minimum absolute atomic E-state index is 0.594. The van der Waals surface area contributed by atoms with Crippen LogP contribution in [0.3, 0.4) is 0 Å². The second-order valence-corrected chi connectivity index (χ2v) is 20.9. The van der Waals surface area contributed by atoms with E-state index in [1.165, 1.54) is 0 Å². The molecule has 85 heavy (non-hydrogen) atoms. The third-order valence-corrected chi connectivity index (χ3v) is 16.0. The largest absolute Gasteiger partial charge is 0.455 e. The highest BCUT2D eigenvalue weighted by atomic mass is 16.3. The summed E-state index contributed by atoms with van der Waals surface area (Å²) in [5.74, 6) is 0. The first-order chi connectivity index (χ1) is 42.3. The van der Waals surface area contributed by atoms with Crippen LogP contribution in [0.4, 0.5) is 0 Å². The van der Waals surface area contributed by atoms with Crippen LogP contribution in [0.25, 0.3) is 156 Å². The number of hydrogen-bond acceptors (Lipinski definition) is 7. The zero-order valence-electron chi connectivity index (χ0n) is 46.0. The van der Waals surface area contributed by atoms with Crippen molar-refractivity contribution in [2.75, 3.05) is 0 Å². The van der Waals surface area contributed by atoms with E-state index in [1.54, 1.807) is 0 Å². The maximum Gasteiger partial charge on any atom is 0.144 e. The van der Waals surface area contributed by atoms with Crippen LogP contribution in [-0.2, 0) is 0 Å². The molecule has 0 spiro atoms. The Morgan fingerprint density at radius 1 is 0.200 bits per heavy atom. The molecular weight excluding hydrogens is 1040 g/mol. The normalized spacial score (nSPS) is 11.3. The predicted molar refractivity (Wildman–Crippen MR) is 346 cm³/mol. The monoisotopic (exact) mass is 1090 g/mol. The van der Waals surface area contributed by atoms with Crippen LogP contribution < -0.4 is 0 Å². The maximum atomic E-state index is 7.61. The summed E-state index contributed by atoms with van der Waals surface area (Å²) in [7, 11) is 0. The van der Waals surface area contributed by atoms with Crippen LogP contribution in [0.2, 0.25) is 0 Å². The van der Waals surface area contributed by atoms with E-state index >= 15 is 0 Å². The molecule has 0 aliphatic carbocycles. The number of furan rings is 1. The molecule has 7 heteroatoms. The molecule has 0 fully saturated rings. The molecule has 15 rings (SSSR count). The van der Waals surface area contributed by atoms with E-state index in [2.05, 4.69) is 273 Å². The van der Waals surface area contributed by atoms with Gasteiger partial charge < -0.3 is 4.42 Å². The van der Waals surface area contributed by atoms with Crippen molar-refractivity contribution in [3.8, 4) is 134 Å². The van der Waals surface area contributed by atoms with Gasteiger partial charge in [-0.1, -0.05) is 297 Å². The van der Waals surface area contributed by atoms with Gasteiger partial charge in [0.15, 0.2) is 0 Å². The van der Waals surface area contributed by atoms with Crippen LogP contribution in [0, 0.1) is 0 Å². The van der Waals surface area contributed by atoms with E-state index in [-0.39, 0.29) is 0 Å². The Kier molecular flexibility index (Phi) is 13.1. The molecule has 0 atom stereocenters. The Morgan fingerprint density at radius 2 is 0.494 bits per heavy atom. The first-order valence-corrected chi connectivity index (χ1v) is 28.5. The number of nitrogens with zero attached hydrogens (tertiary/aromatic N) is 6. The minimum atomic E-state index is 0.594. The van der Waals surface area contributed by atoms with E-state index in [0.29, 0.717) is 33.9 Å². The SMILES string of the molecule is c1ccc(-c2ccccc2-c2nnnc(-c3c(-c4ccccc4-c4ccccc4)c(-c4nnnc(-c5ccccc5-c5ccccc5)c4-c4ccccc4)c4c(oc5ccccc54)c3-c3ccccc3-c3ccccc3)c2-c2ccccc2)cc1. The summed E-state index contributed by atoms with van der Waals surface area (Å²) in [5, 5.41) is 32.6. The Hall–Kier alpha value is -11.5. The topological polar surface area (TPSA) is 90.5 Å². The molecule has 15 aromatic rings. The first kappa shape index (κ1) is 50.4. The Morgan fingerprint density at radius 3 is 0.906 bits per heavy atom. The molecule has 0 unspecified atom stereocenters. The smallest absolute Gasteiger partial charge is 0.144 e. The summed E-state index contributed by atoms with van der Waals surface area (Å²) in [6, 6.07) is 106. The predicted octanol–water partition coefficient (Wildman–Crippen LogP) is 20.0. The second-order valence-electron chi connectivity index (χ2n) is 20.9. The fourth-order valence-corrected chi connectivity index (χ4v) is 12.3. The van der Waals surface area contributed by atoms with Crippen LogP contribution in [-0.4, -0.2) is 30.8 Å².